The molecule has 0 bridgehead atoms. The molecule has 2 unspecified atom stereocenters. The van der Waals surface area contributed by atoms with E-state index < -0.39 is 17.8 Å². The van der Waals surface area contributed by atoms with Crippen LogP contribution in [0.2, 0.25) is 0 Å². The number of carboxylic acids is 2. The number of nitrogens with one attached hydrogen (secondary N) is 2. The van der Waals surface area contributed by atoms with Crippen LogP contribution in [0.5, 0.6) is 5.75 Å². The van der Waals surface area contributed by atoms with Crippen LogP contribution < -0.4 is 15.4 Å². The average Bonchev–Trinajstić information content (AvgIpc) is 3.80. The van der Waals surface area contributed by atoms with Crippen LogP contribution in [-0.2, 0) is 19.5 Å². The second kappa shape index (κ2) is 15.2. The molecule has 0 spiro atoms. The van der Waals surface area contributed by atoms with Gasteiger partial charge in [0, 0.05) is 124 Å². The maximum atomic E-state index is 16.2. The van der Waals surface area contributed by atoms with Crippen LogP contribution in [0, 0.1) is 25.5 Å². The van der Waals surface area contributed by atoms with Gasteiger partial charge in [0.1, 0.15) is 40.1 Å². The molecule has 0 saturated heterocycles. The van der Waals surface area contributed by atoms with Crippen molar-refractivity contribution in [2.24, 2.45) is 0 Å². The number of aromatic carboxylic acids is 2. The topological polar surface area (TPSA) is 220 Å². The fraction of sp³-hybridized carbons (Fsp3) is 0.196. The summed E-state index contributed by atoms with van der Waals surface area (Å²) in [4.78, 5) is 55.9. The number of rotatable bonds is 12. The van der Waals surface area contributed by atoms with E-state index >= 15 is 4.39 Å². The van der Waals surface area contributed by atoms with Crippen molar-refractivity contribution in [3.05, 3.63) is 142 Å². The summed E-state index contributed by atoms with van der Waals surface area (Å²) in [6.45, 7) is 4.21. The third kappa shape index (κ3) is 6.70. The first kappa shape index (κ1) is 39.5. The van der Waals surface area contributed by atoms with Gasteiger partial charge in [-0.05, 0) is 56.5 Å². The Labute approximate surface area is 365 Å². The molecule has 1 saturated carbocycles. The molecule has 11 rings (SSSR count). The van der Waals surface area contributed by atoms with E-state index in [0.717, 1.165) is 16.8 Å². The molecule has 2 aromatic carbocycles. The first-order valence-corrected chi connectivity index (χ1v) is 20.6. The molecule has 1 aliphatic heterocycles. The van der Waals surface area contributed by atoms with Gasteiger partial charge in [-0.2, -0.15) is 0 Å². The van der Waals surface area contributed by atoms with Crippen molar-refractivity contribution >= 4 is 46.1 Å². The Balaban J connectivity index is 0.848. The number of halogens is 2. The van der Waals surface area contributed by atoms with E-state index in [1.807, 2.05) is 19.9 Å². The zero-order chi connectivity index (χ0) is 44.7. The fourth-order valence-electron chi connectivity index (χ4n) is 8.81. The summed E-state index contributed by atoms with van der Waals surface area (Å²) >= 11 is 0. The van der Waals surface area contributed by atoms with Crippen LogP contribution >= 0.6 is 0 Å². The second-order valence-electron chi connectivity index (χ2n) is 16.0. The average molecular weight is 876 g/mol. The van der Waals surface area contributed by atoms with E-state index in [1.54, 1.807) is 43.0 Å². The van der Waals surface area contributed by atoms with E-state index in [4.69, 9.17) is 19.1 Å². The summed E-state index contributed by atoms with van der Waals surface area (Å²) in [6, 6.07) is 9.80. The van der Waals surface area contributed by atoms with Gasteiger partial charge < -0.3 is 30.0 Å². The summed E-state index contributed by atoms with van der Waals surface area (Å²) in [6.07, 6.45) is 11.9. The maximum Gasteiger partial charge on any atom is 0.356 e. The minimum atomic E-state index is -1.23. The molecule has 2 aliphatic rings. The maximum absolute atomic E-state index is 16.2. The third-order valence-corrected chi connectivity index (χ3v) is 12.1. The number of hydrogen-bond acceptors (Lipinski definition) is 13. The molecular formula is C46H35F2N11O6. The molecule has 4 N–H and O–H groups in total. The van der Waals surface area contributed by atoms with Gasteiger partial charge in [0.05, 0.1) is 12.9 Å². The van der Waals surface area contributed by atoms with Gasteiger partial charge in [0.15, 0.2) is 11.4 Å². The van der Waals surface area contributed by atoms with Gasteiger partial charge in [-0.25, -0.2) is 48.3 Å². The normalized spacial score (nSPS) is 15.4. The Morgan fingerprint density at radius 2 is 1.45 bits per heavy atom. The summed E-state index contributed by atoms with van der Waals surface area (Å²) in [5.41, 5.74) is 6.78. The molecule has 9 aromatic rings. The lowest BCUT2D eigenvalue weighted by Gasteiger charge is -2.14. The highest BCUT2D eigenvalue weighted by molar-refractivity contribution is 5.90. The molecule has 324 valence electrons. The molecule has 19 heteroatoms. The first-order chi connectivity index (χ1) is 31.5. The number of pyridine rings is 1. The van der Waals surface area contributed by atoms with E-state index in [1.165, 1.54) is 39.6 Å². The highest BCUT2D eigenvalue weighted by Crippen LogP contribution is 2.55. The van der Waals surface area contributed by atoms with Crippen LogP contribution in [0.3, 0.4) is 0 Å². The van der Waals surface area contributed by atoms with Gasteiger partial charge in [-0.1, -0.05) is 6.07 Å². The largest absolute Gasteiger partial charge is 0.493 e. The van der Waals surface area contributed by atoms with Crippen molar-refractivity contribution in [3.8, 4) is 28.0 Å². The minimum Gasteiger partial charge on any atom is -0.493 e. The van der Waals surface area contributed by atoms with Crippen LogP contribution in [0.15, 0.2) is 84.3 Å². The molecular weight excluding hydrogens is 841 g/mol. The lowest BCUT2D eigenvalue weighted by atomic mass is 10.0. The molecule has 17 nitrogen and oxygen atoms in total. The van der Waals surface area contributed by atoms with Crippen molar-refractivity contribution in [3.63, 3.8) is 0 Å². The smallest absolute Gasteiger partial charge is 0.356 e. The predicted octanol–water partition coefficient (Wildman–Crippen LogP) is 7.76. The van der Waals surface area contributed by atoms with Crippen LogP contribution in [0.4, 0.5) is 20.7 Å². The molecule has 7 aromatic heterocycles. The zero-order valence-corrected chi connectivity index (χ0v) is 34.5. The lowest BCUT2D eigenvalue weighted by molar-refractivity contribution is 0.0680. The Bertz CT molecular complexity index is 3460. The van der Waals surface area contributed by atoms with Gasteiger partial charge in [-0.15, -0.1) is 0 Å². The molecule has 0 radical (unpaired) electrons. The SMILES string of the molecule is Cc1ncccc1-c1cnc(NCc2c(F)cc(C3CC3c3ncc(-c4cnc(NCc5c(F)ccc6c5CCO6)n5cc(C(=O)O)nc45)c(C)n3)c3occc23)n2cc(C(=O)O)nc12. The fourth-order valence-corrected chi connectivity index (χ4v) is 8.81. The molecule has 65 heavy (non-hydrogen) atoms. The van der Waals surface area contributed by atoms with Crippen molar-refractivity contribution in [1.82, 2.24) is 43.7 Å². The second-order valence-corrected chi connectivity index (χ2v) is 16.0. The Morgan fingerprint density at radius 3 is 2.12 bits per heavy atom. The van der Waals surface area contributed by atoms with Gasteiger partial charge >= 0.3 is 11.9 Å². The van der Waals surface area contributed by atoms with E-state index in [0.29, 0.717) is 92.4 Å². The number of anilines is 2. The standard InChI is InChI=1S/C46H35F2N11O6/c1-21-23(4-3-9-49-21)32-17-53-46(58-19-36(43(60)61)56-41(32)58)52-16-31-25-8-11-65-39(25)27(13-35(31)48)26-12-28(26)40-50-14-29(22(2)55-40)33-18-54-45(59-20-37(44(62)63)57-42(33)59)51-15-30-24-7-10-64-38(24)6-5-34(30)47/h3-6,8-9,11,13-14,17-20,26,28H,7,10,12,15-16H2,1-2H3,(H,51,54)(H,52,53)(H,60,61)(H,62,63). The highest BCUT2D eigenvalue weighted by Gasteiger charge is 2.44. The Morgan fingerprint density at radius 1 is 0.769 bits per heavy atom. The van der Waals surface area contributed by atoms with Gasteiger partial charge in [0.25, 0.3) is 0 Å². The van der Waals surface area contributed by atoms with Crippen LogP contribution in [-0.4, -0.2) is 72.4 Å². The zero-order valence-electron chi connectivity index (χ0n) is 34.5. The number of hydrogen-bond donors (Lipinski definition) is 4. The molecule has 2 atom stereocenters. The van der Waals surface area contributed by atoms with Crippen molar-refractivity contribution in [2.75, 3.05) is 17.2 Å². The summed E-state index contributed by atoms with van der Waals surface area (Å²) in [7, 11) is 0. The van der Waals surface area contributed by atoms with E-state index in [2.05, 4.69) is 35.6 Å². The summed E-state index contributed by atoms with van der Waals surface area (Å²) in [5, 5.41) is 26.5. The van der Waals surface area contributed by atoms with Crippen molar-refractivity contribution in [1.29, 1.82) is 0 Å². The molecule has 0 amide bonds. The number of furan rings is 1. The Hall–Kier alpha value is -8.35. The number of nitrogens with zero attached hydrogens (tertiary/aromatic N) is 9. The number of ether oxygens (including phenoxy) is 1. The summed E-state index contributed by atoms with van der Waals surface area (Å²) < 4.78 is 45.8. The first-order valence-electron chi connectivity index (χ1n) is 20.6. The minimum absolute atomic E-state index is 0.000386. The van der Waals surface area contributed by atoms with Crippen molar-refractivity contribution in [2.45, 2.75) is 51.6 Å². The Kier molecular flexibility index (Phi) is 9.22. The molecule has 1 aliphatic carbocycles. The van der Waals surface area contributed by atoms with E-state index in [-0.39, 0.29) is 54.0 Å². The van der Waals surface area contributed by atoms with Crippen LogP contribution in [0.25, 0.3) is 44.5 Å². The molecule has 8 heterocycles. The van der Waals surface area contributed by atoms with Gasteiger partial charge in [0.2, 0.25) is 11.9 Å². The van der Waals surface area contributed by atoms with Crippen molar-refractivity contribution < 1.29 is 37.7 Å². The number of carbonyl (C=O) groups is 2. The van der Waals surface area contributed by atoms with Gasteiger partial charge in [-0.3, -0.25) is 13.8 Å². The van der Waals surface area contributed by atoms with Crippen LogP contribution in [0.1, 0.15) is 78.7 Å². The number of aryl methyl sites for hydroxylation is 2. The summed E-state index contributed by atoms with van der Waals surface area (Å²) in [5.74, 6) is -1.82. The number of carboxylic acid groups (broad SMARTS) is 2. The number of imidazole rings is 2. The number of benzene rings is 2. The van der Waals surface area contributed by atoms with E-state index in [9.17, 15) is 24.2 Å². The third-order valence-electron chi connectivity index (χ3n) is 12.1. The number of aromatic nitrogens is 9. The highest BCUT2D eigenvalue weighted by atomic mass is 19.1. The monoisotopic (exact) mass is 875 g/mol. The quantitative estimate of drug-likeness (QED) is 0.0922. The predicted molar refractivity (Wildman–Crippen MR) is 230 cm³/mol. The number of fused-ring (bicyclic) bond motifs is 4. The lowest BCUT2D eigenvalue weighted by Crippen LogP contribution is -2.10. The molecule has 1 fully saturated rings.